The summed E-state index contributed by atoms with van der Waals surface area (Å²) >= 11 is 0. The smallest absolute Gasteiger partial charge is 0.0606 e. The largest absolute Gasteiger partial charge is 0.397 e. The lowest BCUT2D eigenvalue weighted by molar-refractivity contribution is 1.04. The van der Waals surface area contributed by atoms with Crippen molar-refractivity contribution in [2.24, 2.45) is 0 Å². The van der Waals surface area contributed by atoms with Crippen LogP contribution in [0.5, 0.6) is 0 Å². The molecule has 0 bridgehead atoms. The Labute approximate surface area is 102 Å². The van der Waals surface area contributed by atoms with Crippen LogP contribution in [-0.4, -0.2) is 4.98 Å². The van der Waals surface area contributed by atoms with E-state index < -0.39 is 0 Å². The summed E-state index contributed by atoms with van der Waals surface area (Å²) in [5, 5.41) is 3.34. The predicted octanol–water partition coefficient (Wildman–Crippen LogP) is 2.89. The van der Waals surface area contributed by atoms with Crippen molar-refractivity contribution in [3.05, 3.63) is 53.3 Å². The number of anilines is 2. The normalized spacial score (nSPS) is 10.2. The molecule has 0 aliphatic heterocycles. The molecule has 0 amide bonds. The summed E-state index contributed by atoms with van der Waals surface area (Å²) in [6.45, 7) is 4.80. The number of aryl methyl sites for hydroxylation is 2. The van der Waals surface area contributed by atoms with Gasteiger partial charge in [0.05, 0.1) is 23.6 Å². The maximum atomic E-state index is 6.00. The van der Waals surface area contributed by atoms with Crippen molar-refractivity contribution >= 4 is 11.4 Å². The van der Waals surface area contributed by atoms with Gasteiger partial charge in [-0.15, -0.1) is 0 Å². The van der Waals surface area contributed by atoms with Gasteiger partial charge in [0.1, 0.15) is 0 Å². The monoisotopic (exact) mass is 227 g/mol. The van der Waals surface area contributed by atoms with Crippen LogP contribution in [0, 0.1) is 13.8 Å². The Hall–Kier alpha value is -2.03. The first kappa shape index (κ1) is 11.5. The van der Waals surface area contributed by atoms with E-state index in [1.807, 2.05) is 31.2 Å². The van der Waals surface area contributed by atoms with Crippen LogP contribution in [-0.2, 0) is 6.54 Å². The fourth-order valence-corrected chi connectivity index (χ4v) is 1.92. The molecule has 0 saturated carbocycles. The van der Waals surface area contributed by atoms with E-state index in [4.69, 9.17) is 5.73 Å². The maximum absolute atomic E-state index is 6.00. The maximum Gasteiger partial charge on any atom is 0.0606 e. The summed E-state index contributed by atoms with van der Waals surface area (Å²) in [5.41, 5.74) is 11.2. The second kappa shape index (κ2) is 4.87. The first-order chi connectivity index (χ1) is 8.16. The molecule has 1 heterocycles. The number of nitrogen functional groups attached to an aromatic ring is 1. The molecule has 3 nitrogen and oxygen atoms in total. The standard InChI is InChI=1S/C14H17N3/c1-10-7-11(2)14(13(15)8-10)17-9-12-5-3-4-6-16-12/h3-8,17H,9,15H2,1-2H3. The second-order valence-electron chi connectivity index (χ2n) is 4.22. The predicted molar refractivity (Wildman–Crippen MR) is 71.9 cm³/mol. The number of hydrogen-bond acceptors (Lipinski definition) is 3. The fraction of sp³-hybridized carbons (Fsp3) is 0.214. The third kappa shape index (κ3) is 2.75. The van der Waals surface area contributed by atoms with Gasteiger partial charge in [-0.05, 0) is 43.2 Å². The Bertz CT molecular complexity index is 483. The summed E-state index contributed by atoms with van der Waals surface area (Å²) in [4.78, 5) is 4.27. The van der Waals surface area contributed by atoms with Crippen LogP contribution in [0.3, 0.4) is 0 Å². The molecule has 1 aromatic carbocycles. The molecule has 3 N–H and O–H groups in total. The number of nitrogens with two attached hydrogens (primary N) is 1. The van der Waals surface area contributed by atoms with Gasteiger partial charge < -0.3 is 11.1 Å². The molecule has 0 unspecified atom stereocenters. The summed E-state index contributed by atoms with van der Waals surface area (Å²) in [6, 6.07) is 9.99. The SMILES string of the molecule is Cc1cc(C)c(NCc2ccccn2)c(N)c1. The first-order valence-electron chi connectivity index (χ1n) is 5.67. The molecule has 3 heteroatoms. The summed E-state index contributed by atoms with van der Waals surface area (Å²) in [6.07, 6.45) is 1.79. The first-order valence-corrected chi connectivity index (χ1v) is 5.67. The number of pyridine rings is 1. The highest BCUT2D eigenvalue weighted by atomic mass is 14.9. The van der Waals surface area contributed by atoms with Gasteiger partial charge in [-0.2, -0.15) is 0 Å². The molecule has 0 radical (unpaired) electrons. The molecule has 0 aliphatic carbocycles. The van der Waals surface area contributed by atoms with E-state index in [1.165, 1.54) is 11.1 Å². The zero-order valence-electron chi connectivity index (χ0n) is 10.2. The van der Waals surface area contributed by atoms with Crippen molar-refractivity contribution in [2.75, 3.05) is 11.1 Å². The Balaban J connectivity index is 2.15. The quantitative estimate of drug-likeness (QED) is 0.793. The minimum absolute atomic E-state index is 0.689. The lowest BCUT2D eigenvalue weighted by atomic mass is 10.1. The van der Waals surface area contributed by atoms with Gasteiger partial charge in [0.15, 0.2) is 0 Å². The van der Waals surface area contributed by atoms with Gasteiger partial charge in [0.25, 0.3) is 0 Å². The van der Waals surface area contributed by atoms with E-state index >= 15 is 0 Å². The van der Waals surface area contributed by atoms with Gasteiger partial charge in [0, 0.05) is 6.20 Å². The Morgan fingerprint density at radius 3 is 2.71 bits per heavy atom. The number of nitrogens with zero attached hydrogens (tertiary/aromatic N) is 1. The van der Waals surface area contributed by atoms with Crippen molar-refractivity contribution < 1.29 is 0 Å². The van der Waals surface area contributed by atoms with E-state index in [0.29, 0.717) is 6.54 Å². The Morgan fingerprint density at radius 1 is 1.24 bits per heavy atom. The molecule has 2 rings (SSSR count). The fourth-order valence-electron chi connectivity index (χ4n) is 1.92. The molecule has 2 aromatic rings. The van der Waals surface area contributed by atoms with E-state index in [2.05, 4.69) is 23.3 Å². The van der Waals surface area contributed by atoms with Crippen LogP contribution in [0.4, 0.5) is 11.4 Å². The van der Waals surface area contributed by atoms with E-state index in [9.17, 15) is 0 Å². The van der Waals surface area contributed by atoms with Crippen molar-refractivity contribution in [3.8, 4) is 0 Å². The molecular formula is C14H17N3. The van der Waals surface area contributed by atoms with Gasteiger partial charge in [-0.1, -0.05) is 12.1 Å². The summed E-state index contributed by atoms with van der Waals surface area (Å²) in [7, 11) is 0. The number of aromatic nitrogens is 1. The number of benzene rings is 1. The third-order valence-electron chi connectivity index (χ3n) is 2.68. The van der Waals surface area contributed by atoms with Crippen LogP contribution >= 0.6 is 0 Å². The molecule has 0 spiro atoms. The number of hydrogen-bond donors (Lipinski definition) is 2. The van der Waals surface area contributed by atoms with E-state index in [0.717, 1.165) is 17.1 Å². The number of nitrogens with one attached hydrogen (secondary N) is 1. The summed E-state index contributed by atoms with van der Waals surface area (Å²) in [5.74, 6) is 0. The van der Waals surface area contributed by atoms with Crippen molar-refractivity contribution in [1.29, 1.82) is 0 Å². The zero-order chi connectivity index (χ0) is 12.3. The molecule has 0 atom stereocenters. The lowest BCUT2D eigenvalue weighted by Crippen LogP contribution is -2.05. The average molecular weight is 227 g/mol. The Morgan fingerprint density at radius 2 is 2.06 bits per heavy atom. The molecular weight excluding hydrogens is 210 g/mol. The van der Waals surface area contributed by atoms with Gasteiger partial charge in [-0.25, -0.2) is 0 Å². The van der Waals surface area contributed by atoms with Gasteiger partial charge in [-0.3, -0.25) is 4.98 Å². The highest BCUT2D eigenvalue weighted by Crippen LogP contribution is 2.25. The van der Waals surface area contributed by atoms with Gasteiger partial charge >= 0.3 is 0 Å². The number of rotatable bonds is 3. The lowest BCUT2D eigenvalue weighted by Gasteiger charge is -2.13. The van der Waals surface area contributed by atoms with Crippen molar-refractivity contribution in [1.82, 2.24) is 4.98 Å². The molecule has 88 valence electrons. The van der Waals surface area contributed by atoms with Crippen LogP contribution < -0.4 is 11.1 Å². The van der Waals surface area contributed by atoms with Crippen LogP contribution in [0.25, 0.3) is 0 Å². The minimum Gasteiger partial charge on any atom is -0.397 e. The van der Waals surface area contributed by atoms with Gasteiger partial charge in [0.2, 0.25) is 0 Å². The van der Waals surface area contributed by atoms with E-state index in [-0.39, 0.29) is 0 Å². The zero-order valence-corrected chi connectivity index (χ0v) is 10.2. The van der Waals surface area contributed by atoms with Crippen LogP contribution in [0.1, 0.15) is 16.8 Å². The summed E-state index contributed by atoms with van der Waals surface area (Å²) < 4.78 is 0. The highest BCUT2D eigenvalue weighted by molar-refractivity contribution is 5.71. The highest BCUT2D eigenvalue weighted by Gasteiger charge is 2.04. The third-order valence-corrected chi connectivity index (χ3v) is 2.68. The molecule has 0 fully saturated rings. The van der Waals surface area contributed by atoms with Crippen molar-refractivity contribution in [2.45, 2.75) is 20.4 Å². The molecule has 1 aromatic heterocycles. The Kier molecular flexibility index (Phi) is 3.28. The van der Waals surface area contributed by atoms with Crippen molar-refractivity contribution in [3.63, 3.8) is 0 Å². The molecule has 0 saturated heterocycles. The van der Waals surface area contributed by atoms with E-state index in [1.54, 1.807) is 6.20 Å². The van der Waals surface area contributed by atoms with Crippen LogP contribution in [0.15, 0.2) is 36.5 Å². The molecule has 0 aliphatic rings. The average Bonchev–Trinajstić information content (AvgIpc) is 2.29. The molecule has 17 heavy (non-hydrogen) atoms. The minimum atomic E-state index is 0.689. The van der Waals surface area contributed by atoms with Crippen LogP contribution in [0.2, 0.25) is 0 Å². The topological polar surface area (TPSA) is 50.9 Å². The second-order valence-corrected chi connectivity index (χ2v) is 4.22.